The quantitative estimate of drug-likeness (QED) is 0.437. The van der Waals surface area contributed by atoms with Gasteiger partial charge < -0.3 is 40.3 Å². The SMILES string of the molecule is CCc1cccc2c1CNC[C@]21CNC[C@H]1C(=O)N1CC[C@@H](c2ccccc2)C[C@H]1c1ccccc1.[Cl-].[Cl-]. The number of fused-ring (bicyclic) bond motifs is 2. The molecule has 202 valence electrons. The zero-order valence-corrected chi connectivity index (χ0v) is 23.5. The number of aryl methyl sites for hydroxylation is 1. The van der Waals surface area contributed by atoms with Gasteiger partial charge in [-0.3, -0.25) is 4.79 Å². The van der Waals surface area contributed by atoms with E-state index in [0.717, 1.165) is 52.0 Å². The summed E-state index contributed by atoms with van der Waals surface area (Å²) in [7, 11) is 0. The number of halogens is 2. The van der Waals surface area contributed by atoms with Gasteiger partial charge in [-0.2, -0.15) is 0 Å². The molecule has 38 heavy (non-hydrogen) atoms. The highest BCUT2D eigenvalue weighted by molar-refractivity contribution is 5.82. The van der Waals surface area contributed by atoms with Crippen LogP contribution in [0.15, 0.2) is 78.9 Å². The molecule has 0 bridgehead atoms. The Morgan fingerprint density at radius 3 is 2.29 bits per heavy atom. The lowest BCUT2D eigenvalue weighted by Crippen LogP contribution is -3.00. The van der Waals surface area contributed by atoms with Crippen molar-refractivity contribution in [2.75, 3.05) is 26.2 Å². The molecule has 0 radical (unpaired) electrons. The molecule has 2 N–H and O–H groups in total. The second kappa shape index (κ2) is 12.2. The molecule has 6 rings (SSSR count). The van der Waals surface area contributed by atoms with Gasteiger partial charge in [0.05, 0.1) is 12.0 Å². The maximum absolute atomic E-state index is 14.5. The number of nitrogens with zero attached hydrogens (tertiary/aromatic N) is 1. The zero-order chi connectivity index (χ0) is 24.5. The van der Waals surface area contributed by atoms with Crippen molar-refractivity contribution in [1.29, 1.82) is 0 Å². The predicted molar refractivity (Wildman–Crippen MR) is 145 cm³/mol. The molecule has 2 fully saturated rings. The Bertz CT molecular complexity index is 1220. The van der Waals surface area contributed by atoms with Crippen molar-refractivity contribution in [2.45, 2.75) is 50.1 Å². The van der Waals surface area contributed by atoms with Gasteiger partial charge >= 0.3 is 0 Å². The third-order valence-electron chi connectivity index (χ3n) is 9.03. The van der Waals surface area contributed by atoms with E-state index >= 15 is 0 Å². The van der Waals surface area contributed by atoms with Gasteiger partial charge in [0.25, 0.3) is 0 Å². The second-order valence-electron chi connectivity index (χ2n) is 10.8. The Morgan fingerprint density at radius 1 is 0.895 bits per heavy atom. The minimum atomic E-state index is -0.187. The van der Waals surface area contributed by atoms with Crippen LogP contribution in [0, 0.1) is 5.92 Å². The third-order valence-corrected chi connectivity index (χ3v) is 9.03. The summed E-state index contributed by atoms with van der Waals surface area (Å²) in [6, 6.07) is 28.4. The molecule has 1 spiro atoms. The van der Waals surface area contributed by atoms with E-state index in [9.17, 15) is 4.79 Å². The van der Waals surface area contributed by atoms with Crippen LogP contribution in [0.1, 0.15) is 59.5 Å². The highest BCUT2D eigenvalue weighted by Gasteiger charge is 2.52. The lowest BCUT2D eigenvalue weighted by molar-refractivity contribution is -0.141. The fourth-order valence-corrected chi connectivity index (χ4v) is 7.15. The Balaban J connectivity index is 0.00000168. The molecular formula is C32H37Cl2N3O-2. The summed E-state index contributed by atoms with van der Waals surface area (Å²) in [6.07, 6.45) is 3.01. The summed E-state index contributed by atoms with van der Waals surface area (Å²) < 4.78 is 0. The fraction of sp³-hybridized carbons (Fsp3) is 0.406. The predicted octanol–water partition coefficient (Wildman–Crippen LogP) is -1.04. The van der Waals surface area contributed by atoms with Crippen LogP contribution in [-0.4, -0.2) is 37.0 Å². The number of rotatable bonds is 4. The maximum atomic E-state index is 14.5. The molecule has 1 amide bonds. The van der Waals surface area contributed by atoms with Crippen LogP contribution in [-0.2, 0) is 23.2 Å². The summed E-state index contributed by atoms with van der Waals surface area (Å²) in [5.41, 5.74) is 6.66. The van der Waals surface area contributed by atoms with Crippen LogP contribution in [0.3, 0.4) is 0 Å². The van der Waals surface area contributed by atoms with Crippen LogP contribution in [0.25, 0.3) is 0 Å². The number of hydrogen-bond donors (Lipinski definition) is 2. The van der Waals surface area contributed by atoms with Crippen molar-refractivity contribution >= 4 is 5.91 Å². The molecule has 3 aliphatic rings. The minimum Gasteiger partial charge on any atom is -1.00 e. The van der Waals surface area contributed by atoms with E-state index in [1.165, 1.54) is 27.8 Å². The number of carbonyl (C=O) groups is 1. The molecule has 0 unspecified atom stereocenters. The first-order valence-corrected chi connectivity index (χ1v) is 13.6. The molecule has 3 aromatic rings. The van der Waals surface area contributed by atoms with Crippen molar-refractivity contribution in [3.05, 3.63) is 107 Å². The number of amides is 1. The van der Waals surface area contributed by atoms with Gasteiger partial charge in [0.2, 0.25) is 5.91 Å². The maximum Gasteiger partial charge on any atom is 0.228 e. The number of likely N-dealkylation sites (tertiary alicyclic amines) is 1. The first-order chi connectivity index (χ1) is 17.7. The highest BCUT2D eigenvalue weighted by atomic mass is 35.5. The molecule has 0 saturated carbocycles. The van der Waals surface area contributed by atoms with Crippen molar-refractivity contribution in [3.63, 3.8) is 0 Å². The summed E-state index contributed by atoms with van der Waals surface area (Å²) in [5.74, 6) is 0.730. The molecule has 4 atom stereocenters. The molecular weight excluding hydrogens is 513 g/mol. The van der Waals surface area contributed by atoms with E-state index < -0.39 is 0 Å². The number of benzene rings is 3. The Labute approximate surface area is 239 Å². The van der Waals surface area contributed by atoms with Gasteiger partial charge in [-0.25, -0.2) is 0 Å². The Hall–Kier alpha value is -2.37. The first-order valence-electron chi connectivity index (χ1n) is 13.6. The third kappa shape index (κ3) is 5.00. The standard InChI is InChI=1S/C32H37N3O.2ClH/c1-2-23-14-9-15-28-27(23)19-33-21-32(28)22-34-20-29(32)31(36)35-17-16-26(24-10-5-3-6-11-24)18-30(35)25-12-7-4-8-13-25;;/h3-15,26,29-30,33-34H,2,16-22H2,1H3;2*1H/p-2/t26-,29+,30+,32+;;/m1../s1. The topological polar surface area (TPSA) is 44.4 Å². The second-order valence-corrected chi connectivity index (χ2v) is 10.8. The normalized spacial score (nSPS) is 26.2. The summed E-state index contributed by atoms with van der Waals surface area (Å²) in [6.45, 7) is 6.39. The molecule has 2 saturated heterocycles. The fourth-order valence-electron chi connectivity index (χ4n) is 7.15. The van der Waals surface area contributed by atoms with Crippen LogP contribution in [0.4, 0.5) is 0 Å². The van der Waals surface area contributed by atoms with Crippen molar-refractivity contribution in [1.82, 2.24) is 15.5 Å². The number of hydrogen-bond acceptors (Lipinski definition) is 3. The van der Waals surface area contributed by atoms with E-state index in [0.29, 0.717) is 11.8 Å². The summed E-state index contributed by atoms with van der Waals surface area (Å²) in [5, 5.41) is 7.33. The average Bonchev–Trinajstić information content (AvgIpc) is 3.37. The minimum absolute atomic E-state index is 0. The van der Waals surface area contributed by atoms with Gasteiger partial charge in [0.15, 0.2) is 0 Å². The van der Waals surface area contributed by atoms with Gasteiger partial charge in [-0.15, -0.1) is 0 Å². The average molecular weight is 551 g/mol. The number of piperidine rings is 1. The molecule has 6 heteroatoms. The van der Waals surface area contributed by atoms with E-state index in [4.69, 9.17) is 0 Å². The first kappa shape index (κ1) is 28.6. The van der Waals surface area contributed by atoms with Gasteiger partial charge in [0.1, 0.15) is 0 Å². The summed E-state index contributed by atoms with van der Waals surface area (Å²) >= 11 is 0. The van der Waals surface area contributed by atoms with Crippen LogP contribution < -0.4 is 35.4 Å². The lowest BCUT2D eigenvalue weighted by Gasteiger charge is -2.45. The Kier molecular flexibility index (Phi) is 9.20. The van der Waals surface area contributed by atoms with E-state index in [1.807, 2.05) is 0 Å². The van der Waals surface area contributed by atoms with Crippen molar-refractivity contribution in [3.8, 4) is 0 Å². The van der Waals surface area contributed by atoms with E-state index in [-0.39, 0.29) is 42.2 Å². The zero-order valence-electron chi connectivity index (χ0n) is 22.0. The van der Waals surface area contributed by atoms with Crippen LogP contribution in [0.2, 0.25) is 0 Å². The monoisotopic (exact) mass is 549 g/mol. The van der Waals surface area contributed by atoms with Crippen LogP contribution >= 0.6 is 0 Å². The highest BCUT2D eigenvalue weighted by Crippen LogP contribution is 2.45. The smallest absolute Gasteiger partial charge is 0.228 e. The van der Waals surface area contributed by atoms with Gasteiger partial charge in [-0.05, 0) is 53.0 Å². The van der Waals surface area contributed by atoms with E-state index in [1.54, 1.807) is 0 Å². The molecule has 3 aliphatic heterocycles. The summed E-state index contributed by atoms with van der Waals surface area (Å²) in [4.78, 5) is 16.8. The van der Waals surface area contributed by atoms with Crippen molar-refractivity contribution < 1.29 is 29.6 Å². The molecule has 0 aliphatic carbocycles. The molecule has 3 heterocycles. The lowest BCUT2D eigenvalue weighted by atomic mass is 9.67. The van der Waals surface area contributed by atoms with Crippen molar-refractivity contribution in [2.24, 2.45) is 5.92 Å². The van der Waals surface area contributed by atoms with Gasteiger partial charge in [0, 0.05) is 38.1 Å². The number of nitrogens with one attached hydrogen (secondary N) is 2. The van der Waals surface area contributed by atoms with Crippen LogP contribution in [0.5, 0.6) is 0 Å². The van der Waals surface area contributed by atoms with Gasteiger partial charge in [-0.1, -0.05) is 85.8 Å². The molecule has 3 aromatic carbocycles. The largest absolute Gasteiger partial charge is 1.00 e. The Morgan fingerprint density at radius 2 is 1.58 bits per heavy atom. The van der Waals surface area contributed by atoms with E-state index in [2.05, 4.69) is 101 Å². The number of carbonyl (C=O) groups excluding carboxylic acids is 1. The molecule has 4 nitrogen and oxygen atoms in total. The molecule has 0 aromatic heterocycles.